The number of anilines is 2. The van der Waals surface area contributed by atoms with Gasteiger partial charge in [0, 0.05) is 36.6 Å². The van der Waals surface area contributed by atoms with Crippen molar-refractivity contribution in [1.82, 2.24) is 29.8 Å². The molecule has 0 bridgehead atoms. The normalized spacial score (nSPS) is 15.3. The maximum absolute atomic E-state index is 13.8. The van der Waals surface area contributed by atoms with E-state index in [1.165, 1.54) is 17.1 Å². The number of amides is 2. The lowest BCUT2D eigenvalue weighted by atomic mass is 9.90. The number of carbonyl (C=O) groups excluding carboxylic acids is 2. The number of quaternary nitrogens is 1. The molecule has 62 heavy (non-hydrogen) atoms. The van der Waals surface area contributed by atoms with Crippen molar-refractivity contribution in [1.29, 1.82) is 5.53 Å². The molecule has 4 aromatic rings. The monoisotopic (exact) mass is 887 g/mol. The van der Waals surface area contributed by atoms with Crippen LogP contribution < -0.4 is 25.4 Å². The van der Waals surface area contributed by atoms with Gasteiger partial charge in [0.25, 0.3) is 0 Å². The fourth-order valence-electron chi connectivity index (χ4n) is 5.93. The van der Waals surface area contributed by atoms with E-state index in [0.717, 1.165) is 5.56 Å². The van der Waals surface area contributed by atoms with Crippen LogP contribution in [0.5, 0.6) is 5.75 Å². The van der Waals surface area contributed by atoms with E-state index in [-0.39, 0.29) is 61.2 Å². The van der Waals surface area contributed by atoms with Crippen molar-refractivity contribution in [2.24, 2.45) is 5.11 Å². The molecule has 0 saturated carbocycles. The number of benzene rings is 2. The summed E-state index contributed by atoms with van der Waals surface area (Å²) in [4.78, 5) is 31.8. The molecule has 18 nitrogen and oxygen atoms in total. The summed E-state index contributed by atoms with van der Waals surface area (Å²) < 4.78 is 80.8. The Kier molecular flexibility index (Phi) is 17.7. The van der Waals surface area contributed by atoms with E-state index >= 15 is 0 Å². The second kappa shape index (κ2) is 23.1. The van der Waals surface area contributed by atoms with Crippen LogP contribution in [0, 0.1) is 5.53 Å². The van der Waals surface area contributed by atoms with Crippen LogP contribution in [0.4, 0.5) is 24.8 Å². The summed E-state index contributed by atoms with van der Waals surface area (Å²) in [6.45, 7) is 6.20. The van der Waals surface area contributed by atoms with Gasteiger partial charge in [-0.1, -0.05) is 12.1 Å². The second-order valence-electron chi connectivity index (χ2n) is 14.5. The molecule has 3 heterocycles. The van der Waals surface area contributed by atoms with Crippen molar-refractivity contribution in [2.45, 2.75) is 55.8 Å². The first-order valence-electron chi connectivity index (χ1n) is 19.6. The summed E-state index contributed by atoms with van der Waals surface area (Å²) in [5.74, 6) is -0.297. The van der Waals surface area contributed by atoms with Crippen LogP contribution in [-0.2, 0) is 47.5 Å². The number of piperidine rings is 1. The van der Waals surface area contributed by atoms with Crippen molar-refractivity contribution in [3.05, 3.63) is 90.1 Å². The van der Waals surface area contributed by atoms with Crippen molar-refractivity contribution >= 4 is 34.4 Å². The number of nitrogens with one attached hydrogen (secondary N) is 4. The predicted molar refractivity (Wildman–Crippen MR) is 218 cm³/mol. The Balaban J connectivity index is 0.918. The number of hydrogen-bond acceptors (Lipinski definition) is 14. The number of rotatable bonds is 25. The lowest BCUT2D eigenvalue weighted by Gasteiger charge is -2.21. The number of ether oxygens (including phenoxy) is 4. The molecular weight excluding hydrogens is 838 g/mol. The average Bonchev–Trinajstić information content (AvgIpc) is 3.69. The number of hydrogen-bond donors (Lipinski definition) is 6. The molecule has 7 N–H and O–H groups in total. The topological polar surface area (TPSA) is 241 Å². The molecule has 0 spiro atoms. The van der Waals surface area contributed by atoms with Gasteiger partial charge in [0.2, 0.25) is 17.8 Å². The molecule has 2 atom stereocenters. The van der Waals surface area contributed by atoms with Gasteiger partial charge in [-0.3, -0.25) is 19.6 Å². The minimum absolute atomic E-state index is 0.0637. The van der Waals surface area contributed by atoms with Gasteiger partial charge in [0.05, 0.1) is 74.5 Å². The summed E-state index contributed by atoms with van der Waals surface area (Å²) in [6, 6.07) is 13.6. The van der Waals surface area contributed by atoms with Gasteiger partial charge < -0.3 is 34.7 Å². The smallest absolute Gasteiger partial charge is 0.419 e. The number of aliphatic hydroxyl groups is 1. The summed E-state index contributed by atoms with van der Waals surface area (Å²) >= 11 is 0. The van der Waals surface area contributed by atoms with E-state index in [9.17, 15) is 32.1 Å². The minimum Gasteiger partial charge on any atom is -0.491 e. The molecule has 5 rings (SSSR count). The van der Waals surface area contributed by atoms with Crippen LogP contribution in [0.25, 0.3) is 11.3 Å². The van der Waals surface area contributed by atoms with Gasteiger partial charge in [-0.2, -0.15) is 23.4 Å². The number of imide groups is 1. The third-order valence-electron chi connectivity index (χ3n) is 8.88. The summed E-state index contributed by atoms with van der Waals surface area (Å²) in [6.07, 6.45) is 1.08. The minimum atomic E-state index is -4.72. The Morgan fingerprint density at radius 3 is 2.45 bits per heavy atom. The van der Waals surface area contributed by atoms with Gasteiger partial charge >= 0.3 is 6.18 Å². The number of nitrogens with zero attached hydrogens (tertiary/aromatic N) is 5. The van der Waals surface area contributed by atoms with Crippen molar-refractivity contribution in [3.8, 4) is 17.0 Å². The summed E-state index contributed by atoms with van der Waals surface area (Å²) in [5.41, 5.74) is 6.64. The Hall–Kier alpha value is -5.49. The van der Waals surface area contributed by atoms with Crippen molar-refractivity contribution in [2.75, 3.05) is 64.7 Å². The fraction of sp³-hybridized carbons (Fsp3) is 0.425. The molecule has 2 aromatic carbocycles. The highest BCUT2D eigenvalue weighted by atomic mass is 32.2. The lowest BCUT2D eigenvalue weighted by molar-refractivity contribution is -0.591. The SMILES string of the molecule is CC(C)(O)Cn1cc(-c2nc(Nc3ccc(S(=O)NCCOC/C(=C/[NH2+]CCOCCOCCOc4ccc(C5CCC(=O)NC5=O)cc4)N=N)cc3)ncc2C(F)(F)F)cn1. The van der Waals surface area contributed by atoms with Gasteiger partial charge in [0.1, 0.15) is 47.3 Å². The first kappa shape index (κ1) is 47.6. The Labute approximate surface area is 358 Å². The van der Waals surface area contributed by atoms with Crippen LogP contribution in [0.1, 0.15) is 43.7 Å². The zero-order chi connectivity index (χ0) is 44.5. The van der Waals surface area contributed by atoms with Crippen LogP contribution in [0.2, 0.25) is 0 Å². The Bertz CT molecular complexity index is 2150. The molecule has 1 saturated heterocycles. The predicted octanol–water partition coefficient (Wildman–Crippen LogP) is 3.57. The lowest BCUT2D eigenvalue weighted by Crippen LogP contribution is -2.79. The second-order valence-corrected chi connectivity index (χ2v) is 15.8. The molecule has 1 fully saturated rings. The van der Waals surface area contributed by atoms with Crippen LogP contribution in [0.3, 0.4) is 0 Å². The van der Waals surface area contributed by atoms with E-state index in [1.54, 1.807) is 56.4 Å². The maximum atomic E-state index is 13.8. The van der Waals surface area contributed by atoms with Gasteiger partial charge in [-0.15, -0.1) is 0 Å². The summed E-state index contributed by atoms with van der Waals surface area (Å²) in [7, 11) is -1.59. The quantitative estimate of drug-likeness (QED) is 0.0318. The molecular formula is C40H50F3N10O8S+. The number of carbonyl (C=O) groups is 2. The zero-order valence-electron chi connectivity index (χ0n) is 34.2. The average molecular weight is 888 g/mol. The molecule has 1 aliphatic rings. The van der Waals surface area contributed by atoms with Gasteiger partial charge in [-0.25, -0.2) is 24.4 Å². The largest absolute Gasteiger partial charge is 0.491 e. The highest BCUT2D eigenvalue weighted by molar-refractivity contribution is 7.83. The Morgan fingerprint density at radius 2 is 1.76 bits per heavy atom. The molecule has 1 aliphatic heterocycles. The maximum Gasteiger partial charge on any atom is 0.419 e. The fourth-order valence-corrected chi connectivity index (χ4v) is 6.75. The van der Waals surface area contributed by atoms with E-state index in [1.807, 2.05) is 17.4 Å². The van der Waals surface area contributed by atoms with Gasteiger partial charge in [-0.05, 0) is 62.2 Å². The zero-order valence-corrected chi connectivity index (χ0v) is 35.0. The molecule has 22 heteroatoms. The molecule has 2 aromatic heterocycles. The van der Waals surface area contributed by atoms with E-state index in [2.05, 4.69) is 35.5 Å². The molecule has 0 radical (unpaired) electrons. The Morgan fingerprint density at radius 1 is 1.03 bits per heavy atom. The van der Waals surface area contributed by atoms with Crippen molar-refractivity contribution < 1.29 is 56.3 Å². The highest BCUT2D eigenvalue weighted by Crippen LogP contribution is 2.36. The van der Waals surface area contributed by atoms with Crippen LogP contribution >= 0.6 is 0 Å². The molecule has 0 aliphatic carbocycles. The third kappa shape index (κ3) is 15.4. The molecule has 2 unspecified atom stereocenters. The van der Waals surface area contributed by atoms with Crippen LogP contribution in [0.15, 0.2) is 89.0 Å². The first-order valence-corrected chi connectivity index (χ1v) is 20.7. The standard InChI is InChI=1S/C40H49F3N10O8S/c1-39(2,56)26-53-24-28(21-47-53)36-34(40(41,42)43)23-46-38(51-36)49-29-5-9-32(10-6-29)62(57)48-14-16-60-25-30(52-44)22-45-13-15-58-17-18-59-19-20-61-31-7-3-27(4-8-31)33-11-12-35(54)50-37(33)55/h3-10,21-24,33,44-45,48,56H,11-20,25-26H2,1-2H3,(H,46,49,51)(H,50,54,55)/p+1/b30-22-,52-44?. The van der Waals surface area contributed by atoms with E-state index in [0.29, 0.717) is 80.6 Å². The van der Waals surface area contributed by atoms with Gasteiger partial charge in [0.15, 0.2) is 0 Å². The van der Waals surface area contributed by atoms with E-state index < -0.39 is 28.3 Å². The molecule has 334 valence electrons. The number of nitrogens with two attached hydrogens (primary N) is 1. The highest BCUT2D eigenvalue weighted by Gasteiger charge is 2.36. The summed E-state index contributed by atoms with van der Waals surface area (Å²) in [5, 5.41) is 24.7. The number of halogens is 3. The molecule has 2 amide bonds. The van der Waals surface area contributed by atoms with Crippen molar-refractivity contribution in [3.63, 3.8) is 0 Å². The van der Waals surface area contributed by atoms with E-state index in [4.69, 9.17) is 24.5 Å². The first-order chi connectivity index (χ1) is 29.7. The van der Waals surface area contributed by atoms with Crippen LogP contribution in [-0.4, -0.2) is 106 Å². The third-order valence-corrected chi connectivity index (χ3v) is 10.0. The number of aromatic nitrogens is 4. The number of alkyl halides is 3.